The van der Waals surface area contributed by atoms with Gasteiger partial charge in [0.05, 0.1) is 6.20 Å². The number of nitrogens with one attached hydrogen (secondary N) is 2. The van der Waals surface area contributed by atoms with Gasteiger partial charge in [0.2, 0.25) is 0 Å². The molecular weight excluding hydrogens is 252 g/mol. The smallest absolute Gasteiger partial charge is 0.279 e. The summed E-state index contributed by atoms with van der Waals surface area (Å²) in [6, 6.07) is -0.0429. The molecule has 1 aromatic rings. The molecule has 7 heteroatoms. The van der Waals surface area contributed by atoms with Crippen molar-refractivity contribution >= 4 is 10.2 Å². The molecule has 0 bridgehead atoms. The van der Waals surface area contributed by atoms with Gasteiger partial charge in [0.1, 0.15) is 0 Å². The zero-order valence-electron chi connectivity index (χ0n) is 11.4. The fourth-order valence-electron chi connectivity index (χ4n) is 1.49. The van der Waals surface area contributed by atoms with E-state index < -0.39 is 10.2 Å². The second-order valence-electron chi connectivity index (χ2n) is 4.63. The maximum Gasteiger partial charge on any atom is 0.279 e. The summed E-state index contributed by atoms with van der Waals surface area (Å²) in [4.78, 5) is 0. The van der Waals surface area contributed by atoms with E-state index in [0.29, 0.717) is 6.54 Å². The zero-order valence-corrected chi connectivity index (χ0v) is 12.2. The van der Waals surface area contributed by atoms with Crippen LogP contribution in [0, 0.1) is 6.92 Å². The third kappa shape index (κ3) is 4.08. The van der Waals surface area contributed by atoms with E-state index in [0.717, 1.165) is 24.1 Å². The van der Waals surface area contributed by atoms with Crippen LogP contribution >= 0.6 is 0 Å². The van der Waals surface area contributed by atoms with Crippen LogP contribution in [0.1, 0.15) is 31.5 Å². The molecule has 6 nitrogen and oxygen atoms in total. The van der Waals surface area contributed by atoms with Crippen LogP contribution in [0.4, 0.5) is 0 Å². The van der Waals surface area contributed by atoms with Gasteiger partial charge < -0.3 is 0 Å². The van der Waals surface area contributed by atoms with Crippen LogP contribution in [-0.4, -0.2) is 42.6 Å². The summed E-state index contributed by atoms with van der Waals surface area (Å²) >= 11 is 0. The van der Waals surface area contributed by atoms with E-state index in [4.69, 9.17) is 0 Å². The second-order valence-corrected chi connectivity index (χ2v) is 6.45. The molecule has 18 heavy (non-hydrogen) atoms. The summed E-state index contributed by atoms with van der Waals surface area (Å²) in [6.07, 6.45) is 3.35. The summed E-state index contributed by atoms with van der Waals surface area (Å²) < 4.78 is 27.5. The summed E-state index contributed by atoms with van der Waals surface area (Å²) in [5.41, 5.74) is 2.17. The number of hydrogen-bond acceptors (Lipinski definition) is 3. The van der Waals surface area contributed by atoms with Gasteiger partial charge in [-0.1, -0.05) is 0 Å². The van der Waals surface area contributed by atoms with Crippen molar-refractivity contribution in [2.45, 2.75) is 39.7 Å². The Morgan fingerprint density at radius 2 is 2.17 bits per heavy atom. The highest BCUT2D eigenvalue weighted by atomic mass is 32.2. The highest BCUT2D eigenvalue weighted by Gasteiger charge is 2.19. The molecule has 0 aliphatic heterocycles. The van der Waals surface area contributed by atoms with Crippen molar-refractivity contribution in [2.24, 2.45) is 0 Å². The van der Waals surface area contributed by atoms with E-state index in [9.17, 15) is 8.42 Å². The van der Waals surface area contributed by atoms with Gasteiger partial charge in [-0.05, 0) is 39.2 Å². The van der Waals surface area contributed by atoms with Crippen LogP contribution in [0.5, 0.6) is 0 Å². The molecule has 0 amide bonds. The Morgan fingerprint density at radius 1 is 1.50 bits per heavy atom. The average Bonchev–Trinajstić information content (AvgIpc) is 2.69. The molecule has 0 saturated carbocycles. The average molecular weight is 274 g/mol. The molecule has 0 aliphatic rings. The molecular formula is C11H22N4O2S. The number of aromatic nitrogens is 2. The number of H-pyrrole nitrogens is 1. The number of nitrogens with zero attached hydrogens (tertiary/aromatic N) is 2. The quantitative estimate of drug-likeness (QED) is 0.723. The van der Waals surface area contributed by atoms with Gasteiger partial charge >= 0.3 is 0 Å². The van der Waals surface area contributed by atoms with Gasteiger partial charge in [-0.15, -0.1) is 0 Å². The van der Waals surface area contributed by atoms with Crippen LogP contribution in [0.2, 0.25) is 0 Å². The Balaban J connectivity index is 2.36. The molecule has 0 unspecified atom stereocenters. The molecule has 1 aromatic heterocycles. The fourth-order valence-corrected chi connectivity index (χ4v) is 2.65. The molecule has 2 N–H and O–H groups in total. The fraction of sp³-hybridized carbons (Fsp3) is 0.727. The number of aromatic amines is 1. The van der Waals surface area contributed by atoms with Crippen LogP contribution in [0.15, 0.2) is 6.20 Å². The normalized spacial score (nSPS) is 12.6. The van der Waals surface area contributed by atoms with Crippen molar-refractivity contribution in [3.8, 4) is 0 Å². The first-order valence-corrected chi connectivity index (χ1v) is 7.50. The van der Waals surface area contributed by atoms with E-state index in [-0.39, 0.29) is 6.04 Å². The number of rotatable bonds is 7. The van der Waals surface area contributed by atoms with Gasteiger partial charge in [0, 0.05) is 25.3 Å². The highest BCUT2D eigenvalue weighted by molar-refractivity contribution is 7.87. The number of aryl methyl sites for hydroxylation is 2. The zero-order chi connectivity index (χ0) is 13.8. The van der Waals surface area contributed by atoms with Crippen molar-refractivity contribution in [3.05, 3.63) is 17.5 Å². The van der Waals surface area contributed by atoms with Crippen LogP contribution in [0.25, 0.3) is 0 Å². The third-order valence-electron chi connectivity index (χ3n) is 2.95. The van der Waals surface area contributed by atoms with E-state index in [1.54, 1.807) is 13.2 Å². The van der Waals surface area contributed by atoms with Gasteiger partial charge in [-0.25, -0.2) is 4.72 Å². The van der Waals surface area contributed by atoms with Gasteiger partial charge in [-0.2, -0.15) is 17.8 Å². The summed E-state index contributed by atoms with van der Waals surface area (Å²) in [7, 11) is -1.77. The Morgan fingerprint density at radius 3 is 2.67 bits per heavy atom. The van der Waals surface area contributed by atoms with Crippen molar-refractivity contribution in [1.82, 2.24) is 19.2 Å². The Bertz CT molecular complexity index is 467. The summed E-state index contributed by atoms with van der Waals surface area (Å²) in [5.74, 6) is 0. The van der Waals surface area contributed by atoms with Crippen LogP contribution in [0.3, 0.4) is 0 Å². The van der Waals surface area contributed by atoms with Crippen molar-refractivity contribution in [2.75, 3.05) is 13.6 Å². The first kappa shape index (κ1) is 15.1. The molecule has 0 fully saturated rings. The van der Waals surface area contributed by atoms with Gasteiger partial charge in [0.25, 0.3) is 10.2 Å². The van der Waals surface area contributed by atoms with Crippen molar-refractivity contribution in [3.63, 3.8) is 0 Å². The van der Waals surface area contributed by atoms with Crippen LogP contribution < -0.4 is 4.72 Å². The van der Waals surface area contributed by atoms with E-state index in [1.165, 1.54) is 4.31 Å². The largest absolute Gasteiger partial charge is 0.283 e. The van der Waals surface area contributed by atoms with Crippen LogP contribution in [-0.2, 0) is 16.6 Å². The molecule has 0 spiro atoms. The highest BCUT2D eigenvalue weighted by Crippen LogP contribution is 2.06. The van der Waals surface area contributed by atoms with E-state index >= 15 is 0 Å². The van der Waals surface area contributed by atoms with Gasteiger partial charge in [0.15, 0.2) is 0 Å². The van der Waals surface area contributed by atoms with Gasteiger partial charge in [-0.3, -0.25) is 5.10 Å². The lowest BCUT2D eigenvalue weighted by Crippen LogP contribution is -2.42. The molecule has 1 heterocycles. The predicted molar refractivity (Wildman–Crippen MR) is 71.5 cm³/mol. The van der Waals surface area contributed by atoms with Crippen molar-refractivity contribution in [1.29, 1.82) is 0 Å². The SMILES string of the molecule is Cc1[nH]ncc1CCCNS(=O)(=O)N(C)C(C)C. The molecule has 0 radical (unpaired) electrons. The Hall–Kier alpha value is -0.920. The lowest BCUT2D eigenvalue weighted by Gasteiger charge is -2.21. The standard InChI is InChI=1S/C11H22N4O2S/c1-9(2)15(4)18(16,17)13-7-5-6-11-8-12-14-10(11)3/h8-9,13H,5-7H2,1-4H3,(H,12,14). The maximum absolute atomic E-state index is 11.8. The lowest BCUT2D eigenvalue weighted by atomic mass is 10.1. The second kappa shape index (κ2) is 6.31. The first-order valence-electron chi connectivity index (χ1n) is 6.06. The molecule has 0 saturated heterocycles. The summed E-state index contributed by atoms with van der Waals surface area (Å²) in [6.45, 7) is 6.07. The minimum Gasteiger partial charge on any atom is -0.283 e. The Labute approximate surface area is 109 Å². The maximum atomic E-state index is 11.8. The topological polar surface area (TPSA) is 78.1 Å². The van der Waals surface area contributed by atoms with E-state index in [1.807, 2.05) is 20.8 Å². The van der Waals surface area contributed by atoms with Crippen molar-refractivity contribution < 1.29 is 8.42 Å². The Kier molecular flexibility index (Phi) is 5.30. The molecule has 0 atom stereocenters. The third-order valence-corrected chi connectivity index (χ3v) is 4.70. The predicted octanol–water partition coefficient (Wildman–Crippen LogP) is 0.825. The monoisotopic (exact) mass is 274 g/mol. The lowest BCUT2D eigenvalue weighted by molar-refractivity contribution is 0.402. The molecule has 1 rings (SSSR count). The summed E-state index contributed by atoms with van der Waals surface area (Å²) in [5, 5.41) is 6.79. The minimum absolute atomic E-state index is 0.0429. The molecule has 104 valence electrons. The number of hydrogen-bond donors (Lipinski definition) is 2. The van der Waals surface area contributed by atoms with E-state index in [2.05, 4.69) is 14.9 Å². The first-order chi connectivity index (χ1) is 8.34. The molecule has 0 aliphatic carbocycles. The minimum atomic E-state index is -3.35. The molecule has 0 aromatic carbocycles.